The van der Waals surface area contributed by atoms with Gasteiger partial charge >= 0.3 is 0 Å². The number of anilines is 1. The van der Waals surface area contributed by atoms with Gasteiger partial charge in [-0.2, -0.15) is 0 Å². The van der Waals surface area contributed by atoms with Crippen molar-refractivity contribution in [1.82, 2.24) is 15.3 Å². The van der Waals surface area contributed by atoms with E-state index in [1.165, 1.54) is 31.7 Å². The summed E-state index contributed by atoms with van der Waals surface area (Å²) in [6.45, 7) is 2.27. The van der Waals surface area contributed by atoms with Crippen molar-refractivity contribution in [2.24, 2.45) is 5.92 Å². The topological polar surface area (TPSA) is 80.9 Å². The summed E-state index contributed by atoms with van der Waals surface area (Å²) in [4.78, 5) is 19.8. The minimum Gasteiger partial charge on any atom is -0.382 e. The molecule has 1 saturated carbocycles. The zero-order chi connectivity index (χ0) is 13.0. The smallest absolute Gasteiger partial charge is 0.271 e. The zero-order valence-electron chi connectivity index (χ0n) is 10.7. The molecular weight excluding hydrogens is 228 g/mol. The van der Waals surface area contributed by atoms with Crippen LogP contribution in [-0.2, 0) is 0 Å². The number of hydrogen-bond donors (Lipinski definition) is 2. The van der Waals surface area contributed by atoms with E-state index >= 15 is 0 Å². The molecule has 5 nitrogen and oxygen atoms in total. The van der Waals surface area contributed by atoms with Crippen LogP contribution in [-0.4, -0.2) is 21.9 Å². The second kappa shape index (κ2) is 5.80. The van der Waals surface area contributed by atoms with Gasteiger partial charge in [-0.25, -0.2) is 9.97 Å². The van der Waals surface area contributed by atoms with Crippen molar-refractivity contribution in [3.63, 3.8) is 0 Å². The normalized spacial score (nSPS) is 24.3. The van der Waals surface area contributed by atoms with Gasteiger partial charge in [0.15, 0.2) is 0 Å². The van der Waals surface area contributed by atoms with Gasteiger partial charge in [0.25, 0.3) is 5.91 Å². The standard InChI is InChI=1S/C13H20N4O/c1-9-3-2-4-10(6-5-9)17-13(18)11-7-16-12(14)8-15-11/h7-10H,2-6H2,1H3,(H2,14,16)(H,17,18). The lowest BCUT2D eigenvalue weighted by molar-refractivity contribution is 0.0927. The minimum absolute atomic E-state index is 0.151. The largest absolute Gasteiger partial charge is 0.382 e. The molecule has 0 aliphatic heterocycles. The molecular formula is C13H20N4O. The Morgan fingerprint density at radius 2 is 2.11 bits per heavy atom. The van der Waals surface area contributed by atoms with Crippen molar-refractivity contribution in [3.8, 4) is 0 Å². The van der Waals surface area contributed by atoms with E-state index < -0.39 is 0 Å². The number of amides is 1. The third-order valence-electron chi connectivity index (χ3n) is 3.50. The van der Waals surface area contributed by atoms with E-state index in [1.807, 2.05) is 0 Å². The highest BCUT2D eigenvalue weighted by atomic mass is 16.1. The van der Waals surface area contributed by atoms with Crippen LogP contribution >= 0.6 is 0 Å². The summed E-state index contributed by atoms with van der Waals surface area (Å²) in [6.07, 6.45) is 8.55. The van der Waals surface area contributed by atoms with E-state index in [9.17, 15) is 4.79 Å². The summed E-state index contributed by atoms with van der Waals surface area (Å²) in [5.41, 5.74) is 5.78. The van der Waals surface area contributed by atoms with Crippen LogP contribution in [0.4, 0.5) is 5.82 Å². The van der Waals surface area contributed by atoms with Gasteiger partial charge in [-0.15, -0.1) is 0 Å². The highest BCUT2D eigenvalue weighted by Crippen LogP contribution is 2.22. The molecule has 1 heterocycles. The molecule has 0 saturated heterocycles. The number of carbonyl (C=O) groups is 1. The first-order valence-corrected chi connectivity index (χ1v) is 6.53. The summed E-state index contributed by atoms with van der Waals surface area (Å²) in [5, 5.41) is 3.03. The molecule has 18 heavy (non-hydrogen) atoms. The second-order valence-corrected chi connectivity index (χ2v) is 5.11. The monoisotopic (exact) mass is 248 g/mol. The van der Waals surface area contributed by atoms with Crippen molar-refractivity contribution in [1.29, 1.82) is 0 Å². The molecule has 98 valence electrons. The highest BCUT2D eigenvalue weighted by molar-refractivity contribution is 5.92. The van der Waals surface area contributed by atoms with Crippen LogP contribution in [0.15, 0.2) is 12.4 Å². The Hall–Kier alpha value is -1.65. The average Bonchev–Trinajstić information content (AvgIpc) is 2.55. The van der Waals surface area contributed by atoms with Gasteiger partial charge < -0.3 is 11.1 Å². The third kappa shape index (κ3) is 3.42. The summed E-state index contributed by atoms with van der Waals surface area (Å²) in [5.74, 6) is 0.945. The first-order valence-electron chi connectivity index (χ1n) is 6.53. The van der Waals surface area contributed by atoms with Gasteiger partial charge in [0.2, 0.25) is 0 Å². The number of hydrogen-bond acceptors (Lipinski definition) is 4. The van der Waals surface area contributed by atoms with Gasteiger partial charge in [-0.05, 0) is 25.2 Å². The van der Waals surface area contributed by atoms with Gasteiger partial charge in [0.05, 0.1) is 12.4 Å². The SMILES string of the molecule is CC1CCCC(NC(=O)c2cnc(N)cn2)CC1. The van der Waals surface area contributed by atoms with Gasteiger partial charge in [-0.1, -0.05) is 19.8 Å². The van der Waals surface area contributed by atoms with E-state index in [2.05, 4.69) is 22.2 Å². The Labute approximate surface area is 107 Å². The van der Waals surface area contributed by atoms with E-state index in [4.69, 9.17) is 5.73 Å². The first kappa shape index (κ1) is 12.8. The molecule has 1 aliphatic carbocycles. The Kier molecular flexibility index (Phi) is 4.12. The Morgan fingerprint density at radius 1 is 1.28 bits per heavy atom. The number of nitrogens with one attached hydrogen (secondary N) is 1. The predicted octanol–water partition coefficient (Wildman–Crippen LogP) is 1.76. The maximum Gasteiger partial charge on any atom is 0.271 e. The Morgan fingerprint density at radius 3 is 2.83 bits per heavy atom. The number of rotatable bonds is 2. The molecule has 5 heteroatoms. The molecule has 1 aliphatic rings. The average molecular weight is 248 g/mol. The summed E-state index contributed by atoms with van der Waals surface area (Å²) >= 11 is 0. The molecule has 0 bridgehead atoms. The molecule has 1 aromatic heterocycles. The fourth-order valence-corrected chi connectivity index (χ4v) is 2.35. The van der Waals surface area contributed by atoms with Gasteiger partial charge in [-0.3, -0.25) is 4.79 Å². The highest BCUT2D eigenvalue weighted by Gasteiger charge is 2.19. The predicted molar refractivity (Wildman–Crippen MR) is 69.9 cm³/mol. The Balaban J connectivity index is 1.92. The molecule has 2 rings (SSSR count). The van der Waals surface area contributed by atoms with Crippen LogP contribution in [0.5, 0.6) is 0 Å². The maximum atomic E-state index is 12.0. The molecule has 0 aromatic carbocycles. The number of nitrogens with zero attached hydrogens (tertiary/aromatic N) is 2. The van der Waals surface area contributed by atoms with Crippen molar-refractivity contribution in [2.75, 3.05) is 5.73 Å². The lowest BCUT2D eigenvalue weighted by Crippen LogP contribution is -2.35. The number of nitrogen functional groups attached to an aromatic ring is 1. The number of nitrogens with two attached hydrogens (primary N) is 1. The first-order chi connectivity index (χ1) is 8.65. The van der Waals surface area contributed by atoms with Crippen LogP contribution in [0.1, 0.15) is 49.5 Å². The maximum absolute atomic E-state index is 12.0. The lowest BCUT2D eigenvalue weighted by atomic mass is 10.0. The van der Waals surface area contributed by atoms with E-state index in [0.717, 1.165) is 18.8 Å². The summed E-state index contributed by atoms with van der Waals surface area (Å²) in [7, 11) is 0. The van der Waals surface area contributed by atoms with Crippen LogP contribution < -0.4 is 11.1 Å². The van der Waals surface area contributed by atoms with Crippen LogP contribution in [0.25, 0.3) is 0 Å². The quantitative estimate of drug-likeness (QED) is 0.781. The molecule has 0 spiro atoms. The van der Waals surface area contributed by atoms with Crippen molar-refractivity contribution < 1.29 is 4.79 Å². The molecule has 2 atom stereocenters. The van der Waals surface area contributed by atoms with Crippen molar-refractivity contribution in [2.45, 2.75) is 45.1 Å². The van der Waals surface area contributed by atoms with Crippen LogP contribution in [0, 0.1) is 5.92 Å². The number of carbonyl (C=O) groups excluding carboxylic acids is 1. The summed E-state index contributed by atoms with van der Waals surface area (Å²) in [6, 6.07) is 0.266. The number of aromatic nitrogens is 2. The second-order valence-electron chi connectivity index (χ2n) is 5.11. The molecule has 2 unspecified atom stereocenters. The molecule has 3 N–H and O–H groups in total. The fourth-order valence-electron chi connectivity index (χ4n) is 2.35. The zero-order valence-corrected chi connectivity index (χ0v) is 10.7. The third-order valence-corrected chi connectivity index (χ3v) is 3.50. The molecule has 1 aromatic rings. The summed E-state index contributed by atoms with van der Waals surface area (Å²) < 4.78 is 0. The fraction of sp³-hybridized carbons (Fsp3) is 0.615. The van der Waals surface area contributed by atoms with E-state index in [-0.39, 0.29) is 11.9 Å². The molecule has 1 fully saturated rings. The molecule has 0 radical (unpaired) electrons. The minimum atomic E-state index is -0.151. The van der Waals surface area contributed by atoms with Crippen molar-refractivity contribution >= 4 is 11.7 Å². The van der Waals surface area contributed by atoms with Crippen LogP contribution in [0.2, 0.25) is 0 Å². The van der Waals surface area contributed by atoms with Crippen molar-refractivity contribution in [3.05, 3.63) is 18.1 Å². The van der Waals surface area contributed by atoms with E-state index in [1.54, 1.807) is 0 Å². The van der Waals surface area contributed by atoms with Crippen LogP contribution in [0.3, 0.4) is 0 Å². The van der Waals surface area contributed by atoms with E-state index in [0.29, 0.717) is 11.5 Å². The van der Waals surface area contributed by atoms with Gasteiger partial charge in [0, 0.05) is 6.04 Å². The lowest BCUT2D eigenvalue weighted by Gasteiger charge is -2.15. The van der Waals surface area contributed by atoms with Gasteiger partial charge in [0.1, 0.15) is 11.5 Å². The Bertz CT molecular complexity index is 404. The molecule has 1 amide bonds.